The molecule has 7 heteroatoms. The quantitative estimate of drug-likeness (QED) is 0.532. The summed E-state index contributed by atoms with van der Waals surface area (Å²) in [7, 11) is 0. The van der Waals surface area contributed by atoms with Crippen LogP contribution in [-0.2, 0) is 33.4 Å². The molecule has 19 heavy (non-hydrogen) atoms. The number of carbonyl (C=O) groups is 4. The average Bonchev–Trinajstić information content (AvgIpc) is 2.20. The van der Waals surface area contributed by atoms with Crippen LogP contribution in [0.5, 0.6) is 0 Å². The summed E-state index contributed by atoms with van der Waals surface area (Å²) in [4.78, 5) is 44.6. The smallest absolute Gasteiger partial charge is 0.303 e. The first-order chi connectivity index (χ1) is 8.79. The van der Waals surface area contributed by atoms with Crippen LogP contribution in [0.15, 0.2) is 0 Å². The third kappa shape index (κ3) is 4.69. The van der Waals surface area contributed by atoms with Crippen LogP contribution in [0, 0.1) is 0 Å². The van der Waals surface area contributed by atoms with Gasteiger partial charge in [0.05, 0.1) is 0 Å². The van der Waals surface area contributed by atoms with Crippen LogP contribution in [-0.4, -0.2) is 42.0 Å². The Labute approximate surface area is 110 Å². The van der Waals surface area contributed by atoms with Crippen molar-refractivity contribution in [3.63, 3.8) is 0 Å². The molecule has 1 fully saturated rings. The summed E-state index contributed by atoms with van der Waals surface area (Å²) in [5, 5.41) is 0. The fourth-order valence-electron chi connectivity index (χ4n) is 1.99. The van der Waals surface area contributed by atoms with E-state index in [1.54, 1.807) is 0 Å². The number of Topliss-reactive ketones (excluding diaryl/α,β-unsaturated/α-hetero) is 1. The standard InChI is InChI=1S/C12H16O7/c1-6(13)17-10-4-9(16)5-11(18-7(2)14)12(10)19-8(3)15/h10-12H,4-5H2,1-3H3/t10-,11-/m1/s1. The van der Waals surface area contributed by atoms with Crippen molar-refractivity contribution in [2.75, 3.05) is 0 Å². The maximum Gasteiger partial charge on any atom is 0.303 e. The van der Waals surface area contributed by atoms with Crippen molar-refractivity contribution < 1.29 is 33.4 Å². The summed E-state index contributed by atoms with van der Waals surface area (Å²) in [5.74, 6) is -2.02. The van der Waals surface area contributed by atoms with Crippen LogP contribution in [0.3, 0.4) is 0 Å². The molecule has 0 aromatic carbocycles. The van der Waals surface area contributed by atoms with E-state index in [2.05, 4.69) is 0 Å². The molecule has 1 aliphatic carbocycles. The summed E-state index contributed by atoms with van der Waals surface area (Å²) < 4.78 is 14.9. The number of hydrogen-bond donors (Lipinski definition) is 0. The Hall–Kier alpha value is -1.92. The Balaban J connectivity index is 2.91. The molecule has 0 heterocycles. The lowest BCUT2D eigenvalue weighted by Gasteiger charge is -2.35. The molecular weight excluding hydrogens is 256 g/mol. The molecule has 7 nitrogen and oxygen atoms in total. The van der Waals surface area contributed by atoms with Crippen molar-refractivity contribution in [2.24, 2.45) is 0 Å². The average molecular weight is 272 g/mol. The van der Waals surface area contributed by atoms with Crippen LogP contribution in [0.1, 0.15) is 33.6 Å². The predicted octanol–water partition coefficient (Wildman–Crippen LogP) is 0.144. The van der Waals surface area contributed by atoms with E-state index in [4.69, 9.17) is 14.2 Å². The van der Waals surface area contributed by atoms with Crippen molar-refractivity contribution in [1.82, 2.24) is 0 Å². The summed E-state index contributed by atoms with van der Waals surface area (Å²) in [6, 6.07) is 0. The first-order valence-electron chi connectivity index (χ1n) is 5.83. The summed E-state index contributed by atoms with van der Waals surface area (Å²) in [5.41, 5.74) is 0. The highest BCUT2D eigenvalue weighted by Gasteiger charge is 2.43. The van der Waals surface area contributed by atoms with Crippen molar-refractivity contribution in [1.29, 1.82) is 0 Å². The number of ketones is 1. The number of esters is 3. The molecular formula is C12H16O7. The highest BCUT2D eigenvalue weighted by molar-refractivity contribution is 5.82. The molecule has 2 atom stereocenters. The van der Waals surface area contributed by atoms with Gasteiger partial charge in [-0.25, -0.2) is 0 Å². The monoisotopic (exact) mass is 272 g/mol. The second-order valence-electron chi connectivity index (χ2n) is 4.32. The Kier molecular flexibility index (Phi) is 5.02. The van der Waals surface area contributed by atoms with E-state index in [0.717, 1.165) is 0 Å². The van der Waals surface area contributed by atoms with Crippen molar-refractivity contribution in [2.45, 2.75) is 51.9 Å². The normalized spacial score (nSPS) is 23.6. The molecule has 0 radical (unpaired) electrons. The predicted molar refractivity (Wildman–Crippen MR) is 60.9 cm³/mol. The fourth-order valence-corrected chi connectivity index (χ4v) is 1.99. The molecule has 0 aliphatic heterocycles. The van der Waals surface area contributed by atoms with Crippen LogP contribution >= 0.6 is 0 Å². The lowest BCUT2D eigenvalue weighted by atomic mass is 9.90. The van der Waals surface area contributed by atoms with Gasteiger partial charge >= 0.3 is 17.9 Å². The van der Waals surface area contributed by atoms with E-state index >= 15 is 0 Å². The van der Waals surface area contributed by atoms with Gasteiger partial charge in [0.1, 0.15) is 18.0 Å². The van der Waals surface area contributed by atoms with Gasteiger partial charge in [-0.05, 0) is 0 Å². The molecule has 0 aromatic heterocycles. The van der Waals surface area contributed by atoms with Gasteiger partial charge in [-0.2, -0.15) is 0 Å². The van der Waals surface area contributed by atoms with Crippen molar-refractivity contribution in [3.05, 3.63) is 0 Å². The maximum atomic E-state index is 11.6. The molecule has 0 unspecified atom stereocenters. The van der Waals surface area contributed by atoms with E-state index in [9.17, 15) is 19.2 Å². The van der Waals surface area contributed by atoms with Gasteiger partial charge in [-0.15, -0.1) is 0 Å². The molecule has 0 N–H and O–H groups in total. The first kappa shape index (κ1) is 15.1. The van der Waals surface area contributed by atoms with Gasteiger partial charge in [0.25, 0.3) is 0 Å². The first-order valence-corrected chi connectivity index (χ1v) is 5.83. The van der Waals surface area contributed by atoms with Crippen molar-refractivity contribution >= 4 is 23.7 Å². The Morgan fingerprint density at radius 3 is 1.53 bits per heavy atom. The third-order valence-electron chi connectivity index (χ3n) is 2.53. The minimum Gasteiger partial charge on any atom is -0.458 e. The van der Waals surface area contributed by atoms with E-state index in [1.807, 2.05) is 0 Å². The van der Waals surface area contributed by atoms with Crippen molar-refractivity contribution in [3.8, 4) is 0 Å². The number of rotatable bonds is 3. The van der Waals surface area contributed by atoms with E-state index in [1.165, 1.54) is 20.8 Å². The topological polar surface area (TPSA) is 96.0 Å². The number of carbonyl (C=O) groups excluding carboxylic acids is 4. The fraction of sp³-hybridized carbons (Fsp3) is 0.667. The van der Waals surface area contributed by atoms with E-state index in [-0.39, 0.29) is 18.6 Å². The van der Waals surface area contributed by atoms with Gasteiger partial charge in [0.2, 0.25) is 0 Å². The van der Waals surface area contributed by atoms with Crippen LogP contribution in [0.2, 0.25) is 0 Å². The second kappa shape index (κ2) is 6.31. The lowest BCUT2D eigenvalue weighted by molar-refractivity contribution is -0.189. The zero-order valence-electron chi connectivity index (χ0n) is 11.0. The largest absolute Gasteiger partial charge is 0.458 e. The van der Waals surface area contributed by atoms with Gasteiger partial charge in [-0.1, -0.05) is 0 Å². The van der Waals surface area contributed by atoms with Crippen LogP contribution < -0.4 is 0 Å². The molecule has 1 saturated carbocycles. The van der Waals surface area contributed by atoms with Crippen LogP contribution in [0.25, 0.3) is 0 Å². The van der Waals surface area contributed by atoms with Gasteiger partial charge in [0.15, 0.2) is 6.10 Å². The van der Waals surface area contributed by atoms with Crippen LogP contribution in [0.4, 0.5) is 0 Å². The highest BCUT2D eigenvalue weighted by atomic mass is 16.6. The Morgan fingerprint density at radius 2 is 1.21 bits per heavy atom. The molecule has 0 bridgehead atoms. The molecule has 0 saturated heterocycles. The third-order valence-corrected chi connectivity index (χ3v) is 2.53. The van der Waals surface area contributed by atoms with E-state index in [0.29, 0.717) is 0 Å². The molecule has 1 aliphatic rings. The number of ether oxygens (including phenoxy) is 3. The van der Waals surface area contributed by atoms with E-state index < -0.39 is 36.2 Å². The Morgan fingerprint density at radius 1 is 0.842 bits per heavy atom. The lowest BCUT2D eigenvalue weighted by Crippen LogP contribution is -2.50. The van der Waals surface area contributed by atoms with Gasteiger partial charge in [0, 0.05) is 33.6 Å². The summed E-state index contributed by atoms with van der Waals surface area (Å²) in [6.07, 6.45) is -2.92. The Bertz CT molecular complexity index is 369. The number of hydrogen-bond acceptors (Lipinski definition) is 7. The maximum absolute atomic E-state index is 11.6. The minimum absolute atomic E-state index is 0.0602. The van der Waals surface area contributed by atoms with Gasteiger partial charge in [-0.3, -0.25) is 19.2 Å². The highest BCUT2D eigenvalue weighted by Crippen LogP contribution is 2.25. The van der Waals surface area contributed by atoms with Gasteiger partial charge < -0.3 is 14.2 Å². The zero-order chi connectivity index (χ0) is 14.6. The zero-order valence-corrected chi connectivity index (χ0v) is 11.0. The molecule has 106 valence electrons. The molecule has 0 aromatic rings. The minimum atomic E-state index is -0.956. The SMILES string of the molecule is CC(=O)OC1[C@H](OC(C)=O)CC(=O)C[C@H]1OC(C)=O. The summed E-state index contributed by atoms with van der Waals surface area (Å²) in [6.45, 7) is 3.56. The molecule has 0 amide bonds. The molecule has 1 rings (SSSR count). The molecule has 0 spiro atoms. The second-order valence-corrected chi connectivity index (χ2v) is 4.32. The summed E-state index contributed by atoms with van der Waals surface area (Å²) >= 11 is 0.